The van der Waals surface area contributed by atoms with E-state index in [2.05, 4.69) is 26.0 Å². The number of ether oxygens (including phenoxy) is 1. The van der Waals surface area contributed by atoms with Crippen molar-refractivity contribution in [3.8, 4) is 5.75 Å². The quantitative estimate of drug-likeness (QED) is 0.469. The van der Waals surface area contributed by atoms with E-state index >= 15 is 0 Å². The van der Waals surface area contributed by atoms with Crippen LogP contribution in [0, 0.1) is 0 Å². The second kappa shape index (κ2) is 8.28. The number of nitrogens with one attached hydrogen (secondary N) is 1. The maximum atomic E-state index is 12.5. The molecule has 29 heavy (non-hydrogen) atoms. The monoisotopic (exact) mass is 449 g/mol. The molecule has 0 saturated carbocycles. The van der Waals surface area contributed by atoms with Gasteiger partial charge in [0.1, 0.15) is 12.4 Å². The van der Waals surface area contributed by atoms with E-state index in [1.165, 1.54) is 6.21 Å². The Hall–Kier alpha value is -3.45. The van der Waals surface area contributed by atoms with Crippen LogP contribution in [-0.2, 0) is 6.61 Å². The first-order valence-corrected chi connectivity index (χ1v) is 9.65. The average molecular weight is 450 g/mol. The molecule has 1 N–H and O–H groups in total. The van der Waals surface area contributed by atoms with E-state index in [0.29, 0.717) is 23.3 Å². The number of aromatic nitrogens is 2. The lowest BCUT2D eigenvalue weighted by Gasteiger charge is -2.06. The van der Waals surface area contributed by atoms with E-state index in [1.807, 2.05) is 36.4 Å². The summed E-state index contributed by atoms with van der Waals surface area (Å²) in [4.78, 5) is 27.3. The Kier molecular flexibility index (Phi) is 5.39. The summed E-state index contributed by atoms with van der Waals surface area (Å²) < 4.78 is 7.61. The van der Waals surface area contributed by atoms with E-state index < -0.39 is 11.2 Å². The molecule has 0 aliphatic carbocycles. The van der Waals surface area contributed by atoms with Gasteiger partial charge in [0, 0.05) is 4.47 Å². The van der Waals surface area contributed by atoms with Crippen LogP contribution in [0.1, 0.15) is 11.1 Å². The van der Waals surface area contributed by atoms with Gasteiger partial charge in [0.2, 0.25) is 0 Å². The van der Waals surface area contributed by atoms with Gasteiger partial charge >= 0.3 is 5.69 Å². The number of halogens is 1. The van der Waals surface area contributed by atoms with Crippen molar-refractivity contribution >= 4 is 33.0 Å². The number of para-hydroxylation sites is 1. The molecule has 0 fully saturated rings. The zero-order chi connectivity index (χ0) is 20.2. The van der Waals surface area contributed by atoms with E-state index in [1.54, 1.807) is 36.4 Å². The number of H-pyrrole nitrogens is 1. The zero-order valence-corrected chi connectivity index (χ0v) is 16.8. The highest BCUT2D eigenvalue weighted by Gasteiger charge is 2.05. The van der Waals surface area contributed by atoms with Crippen molar-refractivity contribution in [1.82, 2.24) is 9.66 Å². The first-order valence-electron chi connectivity index (χ1n) is 8.86. The lowest BCUT2D eigenvalue weighted by molar-refractivity contribution is 0.306. The molecular formula is C22H16BrN3O3. The van der Waals surface area contributed by atoms with Crippen molar-refractivity contribution in [1.29, 1.82) is 0 Å². The fourth-order valence-electron chi connectivity index (χ4n) is 2.78. The highest BCUT2D eigenvalue weighted by atomic mass is 79.9. The molecule has 0 aliphatic rings. The van der Waals surface area contributed by atoms with Crippen LogP contribution in [0.4, 0.5) is 0 Å². The Morgan fingerprint density at radius 3 is 2.45 bits per heavy atom. The highest BCUT2D eigenvalue weighted by Crippen LogP contribution is 2.15. The Bertz CT molecular complexity index is 1290. The van der Waals surface area contributed by atoms with E-state index in [-0.39, 0.29) is 0 Å². The van der Waals surface area contributed by atoms with Gasteiger partial charge in [-0.3, -0.25) is 4.79 Å². The SMILES string of the molecule is O=c1[nH]c2ccccc2c(=O)n1N=Cc1ccc(OCc2ccc(Br)cc2)cc1. The topological polar surface area (TPSA) is 76.5 Å². The van der Waals surface area contributed by atoms with Crippen LogP contribution in [0.2, 0.25) is 0 Å². The van der Waals surface area contributed by atoms with Crippen molar-refractivity contribution in [2.45, 2.75) is 6.61 Å². The number of nitrogens with zero attached hydrogens (tertiary/aromatic N) is 2. The largest absolute Gasteiger partial charge is 0.489 e. The predicted octanol–water partition coefficient (Wildman–Crippen LogP) is 3.91. The zero-order valence-electron chi connectivity index (χ0n) is 15.2. The standard InChI is InChI=1S/C22H16BrN3O3/c23-17-9-5-16(6-10-17)14-29-18-11-7-15(8-12-18)13-24-26-21(27)19-3-1-2-4-20(19)25-22(26)28/h1-13H,14H2,(H,25,28). The van der Waals surface area contributed by atoms with Crippen molar-refractivity contribution in [3.05, 3.63) is 109 Å². The fourth-order valence-corrected chi connectivity index (χ4v) is 3.04. The maximum Gasteiger partial charge on any atom is 0.349 e. The van der Waals surface area contributed by atoms with Gasteiger partial charge in [-0.15, -0.1) is 4.68 Å². The molecule has 0 spiro atoms. The lowest BCUT2D eigenvalue weighted by Crippen LogP contribution is -2.32. The van der Waals surface area contributed by atoms with Crippen LogP contribution < -0.4 is 16.0 Å². The third-order valence-electron chi connectivity index (χ3n) is 4.30. The van der Waals surface area contributed by atoms with Gasteiger partial charge in [-0.1, -0.05) is 40.2 Å². The number of aromatic amines is 1. The second-order valence-corrected chi connectivity index (χ2v) is 7.24. The van der Waals surface area contributed by atoms with Gasteiger partial charge < -0.3 is 9.72 Å². The van der Waals surface area contributed by atoms with Crippen molar-refractivity contribution < 1.29 is 4.74 Å². The third kappa shape index (κ3) is 4.35. The number of hydrogen-bond donors (Lipinski definition) is 1. The number of fused-ring (bicyclic) bond motifs is 1. The predicted molar refractivity (Wildman–Crippen MR) is 117 cm³/mol. The van der Waals surface area contributed by atoms with Crippen molar-refractivity contribution in [2.24, 2.45) is 5.10 Å². The number of hydrogen-bond acceptors (Lipinski definition) is 4. The second-order valence-electron chi connectivity index (χ2n) is 6.32. The summed E-state index contributed by atoms with van der Waals surface area (Å²) in [5.41, 5.74) is 1.24. The van der Waals surface area contributed by atoms with Gasteiger partial charge in [-0.25, -0.2) is 4.79 Å². The van der Waals surface area contributed by atoms with Crippen molar-refractivity contribution in [3.63, 3.8) is 0 Å². The minimum atomic E-state index is -0.584. The summed E-state index contributed by atoms with van der Waals surface area (Å²) in [6.07, 6.45) is 1.46. The summed E-state index contributed by atoms with van der Waals surface area (Å²) in [5.74, 6) is 0.714. The molecule has 0 atom stereocenters. The lowest BCUT2D eigenvalue weighted by atomic mass is 10.2. The number of benzene rings is 3. The van der Waals surface area contributed by atoms with Gasteiger partial charge in [-0.05, 0) is 59.7 Å². The molecular weight excluding hydrogens is 434 g/mol. The summed E-state index contributed by atoms with van der Waals surface area (Å²) in [5, 5.41) is 4.45. The molecule has 1 heterocycles. The van der Waals surface area contributed by atoms with Crippen LogP contribution >= 0.6 is 15.9 Å². The van der Waals surface area contributed by atoms with Crippen LogP contribution in [-0.4, -0.2) is 15.9 Å². The molecule has 144 valence electrons. The Morgan fingerprint density at radius 1 is 0.966 bits per heavy atom. The smallest absolute Gasteiger partial charge is 0.349 e. The molecule has 6 nitrogen and oxygen atoms in total. The number of rotatable bonds is 5. The average Bonchev–Trinajstić information content (AvgIpc) is 2.74. The maximum absolute atomic E-state index is 12.5. The molecule has 7 heteroatoms. The third-order valence-corrected chi connectivity index (χ3v) is 4.83. The summed E-state index contributed by atoms with van der Waals surface area (Å²) in [6.45, 7) is 0.461. The molecule has 0 saturated heterocycles. The van der Waals surface area contributed by atoms with E-state index in [4.69, 9.17) is 4.74 Å². The molecule has 4 aromatic rings. The molecule has 0 aliphatic heterocycles. The Labute approximate surface area is 174 Å². The van der Waals surface area contributed by atoms with E-state index in [0.717, 1.165) is 20.3 Å². The molecule has 3 aromatic carbocycles. The van der Waals surface area contributed by atoms with E-state index in [9.17, 15) is 9.59 Å². The minimum absolute atomic E-state index is 0.404. The van der Waals surface area contributed by atoms with Gasteiger partial charge in [0.15, 0.2) is 0 Å². The molecule has 0 amide bonds. The minimum Gasteiger partial charge on any atom is -0.489 e. The highest BCUT2D eigenvalue weighted by molar-refractivity contribution is 9.10. The molecule has 4 rings (SSSR count). The Morgan fingerprint density at radius 2 is 1.69 bits per heavy atom. The van der Waals surface area contributed by atoms with Gasteiger partial charge in [0.05, 0.1) is 17.1 Å². The molecule has 0 bridgehead atoms. The molecule has 0 unspecified atom stereocenters. The summed E-state index contributed by atoms with van der Waals surface area (Å²) in [6, 6.07) is 22.0. The van der Waals surface area contributed by atoms with Gasteiger partial charge in [-0.2, -0.15) is 5.10 Å². The molecule has 1 aromatic heterocycles. The Balaban J connectivity index is 1.49. The van der Waals surface area contributed by atoms with Crippen LogP contribution in [0.5, 0.6) is 5.75 Å². The van der Waals surface area contributed by atoms with Gasteiger partial charge in [0.25, 0.3) is 5.56 Å². The first kappa shape index (κ1) is 18.9. The normalized spacial score (nSPS) is 11.2. The molecule has 0 radical (unpaired) electrons. The van der Waals surface area contributed by atoms with Crippen LogP contribution in [0.15, 0.2) is 92.0 Å². The van der Waals surface area contributed by atoms with Crippen LogP contribution in [0.3, 0.4) is 0 Å². The summed E-state index contributed by atoms with van der Waals surface area (Å²) in [7, 11) is 0. The van der Waals surface area contributed by atoms with Crippen molar-refractivity contribution in [2.75, 3.05) is 0 Å². The van der Waals surface area contributed by atoms with Crippen LogP contribution in [0.25, 0.3) is 10.9 Å². The fraction of sp³-hybridized carbons (Fsp3) is 0.0455. The first-order chi connectivity index (χ1) is 14.1. The summed E-state index contributed by atoms with van der Waals surface area (Å²) >= 11 is 3.41.